The lowest BCUT2D eigenvalue weighted by atomic mass is 10.1. The lowest BCUT2D eigenvalue weighted by Gasteiger charge is -2.19. The summed E-state index contributed by atoms with van der Waals surface area (Å²) in [6.45, 7) is 0.257. The predicted molar refractivity (Wildman–Crippen MR) is 105 cm³/mol. The summed E-state index contributed by atoms with van der Waals surface area (Å²) in [4.78, 5) is 14.9. The Hall–Kier alpha value is -3.20. The predicted octanol–water partition coefficient (Wildman–Crippen LogP) is 3.88. The number of hydrogen-bond donors (Lipinski definition) is 0. The van der Waals surface area contributed by atoms with E-state index in [9.17, 15) is 18.5 Å². The molecule has 8 nitrogen and oxygen atoms in total. The Labute approximate surface area is 167 Å². The average Bonchev–Trinajstić information content (AvgIpc) is 3.28. The summed E-state index contributed by atoms with van der Waals surface area (Å²) in [6.07, 6.45) is 4.30. The van der Waals surface area contributed by atoms with Crippen LogP contribution in [0.5, 0.6) is 0 Å². The summed E-state index contributed by atoms with van der Waals surface area (Å²) in [6, 6.07) is 10.8. The lowest BCUT2D eigenvalue weighted by molar-refractivity contribution is -0.384. The first-order valence-corrected chi connectivity index (χ1v) is 10.7. The summed E-state index contributed by atoms with van der Waals surface area (Å²) in [7, 11) is -3.77. The molecule has 1 aromatic heterocycles. The first kappa shape index (κ1) is 17.9. The van der Waals surface area contributed by atoms with Crippen molar-refractivity contribution in [3.8, 4) is 11.3 Å². The molecule has 0 saturated heterocycles. The molecule has 1 aliphatic heterocycles. The van der Waals surface area contributed by atoms with Gasteiger partial charge in [-0.05, 0) is 55.2 Å². The van der Waals surface area contributed by atoms with E-state index in [0.29, 0.717) is 29.3 Å². The molecule has 148 valence electrons. The van der Waals surface area contributed by atoms with Gasteiger partial charge in [-0.1, -0.05) is 0 Å². The van der Waals surface area contributed by atoms with Crippen molar-refractivity contribution >= 4 is 21.4 Å². The van der Waals surface area contributed by atoms with E-state index in [0.717, 1.165) is 24.3 Å². The van der Waals surface area contributed by atoms with Crippen molar-refractivity contribution in [1.29, 1.82) is 0 Å². The molecule has 3 aromatic rings. The number of non-ortho nitro benzene ring substituents is 1. The molecular weight excluding hydrogens is 394 g/mol. The minimum Gasteiger partial charge on any atom is -0.440 e. The van der Waals surface area contributed by atoms with Crippen LogP contribution in [0.2, 0.25) is 0 Å². The average molecular weight is 411 g/mol. The summed E-state index contributed by atoms with van der Waals surface area (Å²) < 4.78 is 33.3. The maximum Gasteiger partial charge on any atom is 0.269 e. The van der Waals surface area contributed by atoms with Gasteiger partial charge in [-0.15, -0.1) is 0 Å². The molecule has 1 fully saturated rings. The molecule has 9 heteroatoms. The Morgan fingerprint density at radius 3 is 2.59 bits per heavy atom. The van der Waals surface area contributed by atoms with Gasteiger partial charge < -0.3 is 4.42 Å². The first-order valence-electron chi connectivity index (χ1n) is 9.30. The third-order valence-corrected chi connectivity index (χ3v) is 7.13. The second-order valence-electron chi connectivity index (χ2n) is 7.26. The number of benzene rings is 2. The largest absolute Gasteiger partial charge is 0.440 e. The van der Waals surface area contributed by atoms with Crippen molar-refractivity contribution in [1.82, 2.24) is 4.98 Å². The van der Waals surface area contributed by atoms with Gasteiger partial charge in [-0.3, -0.25) is 14.4 Å². The fourth-order valence-electron chi connectivity index (χ4n) is 3.58. The molecule has 0 radical (unpaired) electrons. The topological polar surface area (TPSA) is 107 Å². The Kier molecular flexibility index (Phi) is 3.95. The Bertz CT molecular complexity index is 1210. The van der Waals surface area contributed by atoms with Crippen LogP contribution in [0.25, 0.3) is 11.3 Å². The van der Waals surface area contributed by atoms with Crippen LogP contribution in [0.15, 0.2) is 58.0 Å². The number of hydrogen-bond acceptors (Lipinski definition) is 6. The molecule has 1 aliphatic carbocycles. The maximum absolute atomic E-state index is 13.1. The molecule has 0 bridgehead atoms. The van der Waals surface area contributed by atoms with E-state index in [1.165, 1.54) is 22.5 Å². The van der Waals surface area contributed by atoms with Gasteiger partial charge in [0.05, 0.1) is 21.7 Å². The number of fused-ring (bicyclic) bond motifs is 1. The van der Waals surface area contributed by atoms with Gasteiger partial charge >= 0.3 is 0 Å². The summed E-state index contributed by atoms with van der Waals surface area (Å²) in [5, 5.41) is 11.0. The first-order chi connectivity index (χ1) is 13.9. The van der Waals surface area contributed by atoms with Gasteiger partial charge in [0.2, 0.25) is 0 Å². The Morgan fingerprint density at radius 1 is 1.14 bits per heavy atom. The van der Waals surface area contributed by atoms with E-state index in [-0.39, 0.29) is 17.1 Å². The highest BCUT2D eigenvalue weighted by Gasteiger charge is 2.32. The van der Waals surface area contributed by atoms with E-state index < -0.39 is 14.9 Å². The molecule has 0 unspecified atom stereocenters. The molecular formula is C20H17N3O5S. The van der Waals surface area contributed by atoms with Gasteiger partial charge in [0.15, 0.2) is 11.7 Å². The fourth-order valence-corrected chi connectivity index (χ4v) is 5.08. The quantitative estimate of drug-likeness (QED) is 0.466. The number of nitrogens with zero attached hydrogens (tertiary/aromatic N) is 3. The van der Waals surface area contributed by atoms with Crippen molar-refractivity contribution in [2.75, 3.05) is 10.8 Å². The summed E-state index contributed by atoms with van der Waals surface area (Å²) in [5.41, 5.74) is 1.88. The van der Waals surface area contributed by atoms with Crippen LogP contribution in [-0.2, 0) is 16.4 Å². The Balaban J connectivity index is 1.42. The normalized spacial score (nSPS) is 16.1. The minimum atomic E-state index is -3.77. The van der Waals surface area contributed by atoms with Gasteiger partial charge in [0, 0.05) is 30.2 Å². The molecule has 5 rings (SSSR count). The highest BCUT2D eigenvalue weighted by atomic mass is 32.2. The number of sulfonamides is 1. The number of nitro groups is 1. The van der Waals surface area contributed by atoms with Crippen LogP contribution in [0.4, 0.5) is 11.4 Å². The zero-order valence-electron chi connectivity index (χ0n) is 15.3. The van der Waals surface area contributed by atoms with Crippen molar-refractivity contribution in [3.05, 3.63) is 70.2 Å². The standard InChI is InChI=1S/C20H17N3O5S/c24-23(25)16-5-8-18-15(11-16)9-10-22(18)29(26,27)17-6-3-13(4-7-17)19-12-21-20(28-19)14-1-2-14/h3-8,11-12,14H,1-2,9-10H2. The van der Waals surface area contributed by atoms with Crippen molar-refractivity contribution in [2.45, 2.75) is 30.1 Å². The van der Waals surface area contributed by atoms with E-state index in [2.05, 4.69) is 4.98 Å². The minimum absolute atomic E-state index is 0.0371. The van der Waals surface area contributed by atoms with Crippen LogP contribution in [-0.4, -0.2) is 24.9 Å². The van der Waals surface area contributed by atoms with Gasteiger partial charge in [0.1, 0.15) is 0 Å². The van der Waals surface area contributed by atoms with Crippen molar-refractivity contribution < 1.29 is 17.8 Å². The molecule has 29 heavy (non-hydrogen) atoms. The zero-order valence-corrected chi connectivity index (χ0v) is 16.1. The van der Waals surface area contributed by atoms with E-state index >= 15 is 0 Å². The zero-order chi connectivity index (χ0) is 20.2. The van der Waals surface area contributed by atoms with Crippen LogP contribution in [0.3, 0.4) is 0 Å². The molecule has 0 N–H and O–H groups in total. The molecule has 1 saturated carbocycles. The van der Waals surface area contributed by atoms with Crippen molar-refractivity contribution in [3.63, 3.8) is 0 Å². The molecule has 2 aliphatic rings. The summed E-state index contributed by atoms with van der Waals surface area (Å²) >= 11 is 0. The number of nitro benzene ring substituents is 1. The fraction of sp³-hybridized carbons (Fsp3) is 0.250. The highest BCUT2D eigenvalue weighted by Crippen LogP contribution is 2.41. The van der Waals surface area contributed by atoms with Crippen LogP contribution in [0.1, 0.15) is 30.2 Å². The number of oxazole rings is 1. The van der Waals surface area contributed by atoms with E-state index in [1.807, 2.05) is 0 Å². The summed E-state index contributed by atoms with van der Waals surface area (Å²) in [5.74, 6) is 1.77. The second kappa shape index (κ2) is 6.41. The third-order valence-electron chi connectivity index (χ3n) is 5.30. The third kappa shape index (κ3) is 3.07. The van der Waals surface area contributed by atoms with Crippen LogP contribution < -0.4 is 4.31 Å². The molecule has 0 atom stereocenters. The smallest absolute Gasteiger partial charge is 0.269 e. The number of aromatic nitrogens is 1. The lowest BCUT2D eigenvalue weighted by Crippen LogP contribution is -2.29. The van der Waals surface area contributed by atoms with E-state index in [1.54, 1.807) is 30.5 Å². The number of anilines is 1. The maximum atomic E-state index is 13.1. The second-order valence-corrected chi connectivity index (χ2v) is 9.12. The van der Waals surface area contributed by atoms with Crippen LogP contribution >= 0.6 is 0 Å². The van der Waals surface area contributed by atoms with Crippen molar-refractivity contribution in [2.24, 2.45) is 0 Å². The van der Waals surface area contributed by atoms with Gasteiger partial charge in [-0.25, -0.2) is 13.4 Å². The Morgan fingerprint density at radius 2 is 1.90 bits per heavy atom. The molecule has 2 aromatic carbocycles. The number of rotatable bonds is 5. The monoisotopic (exact) mass is 411 g/mol. The van der Waals surface area contributed by atoms with E-state index in [4.69, 9.17) is 4.42 Å². The molecule has 0 spiro atoms. The SMILES string of the molecule is O=[N+]([O-])c1ccc2c(c1)CCN2S(=O)(=O)c1ccc(-c2cnc(C3CC3)o2)cc1. The van der Waals surface area contributed by atoms with Gasteiger partial charge in [0.25, 0.3) is 15.7 Å². The van der Waals surface area contributed by atoms with Crippen LogP contribution in [0, 0.1) is 10.1 Å². The highest BCUT2D eigenvalue weighted by molar-refractivity contribution is 7.92. The molecule has 0 amide bonds. The molecule has 2 heterocycles. The van der Waals surface area contributed by atoms with Gasteiger partial charge in [-0.2, -0.15) is 0 Å².